The molecule has 0 unspecified atom stereocenters. The zero-order valence-electron chi connectivity index (χ0n) is 27.9. The van der Waals surface area contributed by atoms with Gasteiger partial charge in [0.1, 0.15) is 33.8 Å². The molecule has 0 fully saturated rings. The number of carbonyl (C=O) groups excluding carboxylic acids is 1. The molecule has 0 atom stereocenters. The van der Waals surface area contributed by atoms with Gasteiger partial charge in [0.05, 0.1) is 42.2 Å². The summed E-state index contributed by atoms with van der Waals surface area (Å²) in [7, 11) is 3.16. The third-order valence-electron chi connectivity index (χ3n) is 8.77. The van der Waals surface area contributed by atoms with Crippen LogP contribution in [0.4, 0.5) is 28.4 Å². The van der Waals surface area contributed by atoms with Crippen molar-refractivity contribution in [2.75, 3.05) is 19.1 Å². The molecule has 0 saturated heterocycles. The highest BCUT2D eigenvalue weighted by atomic mass is 35.5. The molecule has 2 aliphatic rings. The fourth-order valence-electron chi connectivity index (χ4n) is 6.22. The molecule has 5 aromatic carbocycles. The van der Waals surface area contributed by atoms with Crippen LogP contribution in [0.1, 0.15) is 5.56 Å². The van der Waals surface area contributed by atoms with E-state index in [0.29, 0.717) is 34.3 Å². The first-order chi connectivity index (χ1) is 25.2. The number of hydrogen-bond donors (Lipinski definition) is 3. The van der Waals surface area contributed by atoms with Gasteiger partial charge in [-0.05, 0) is 60.7 Å². The van der Waals surface area contributed by atoms with Gasteiger partial charge < -0.3 is 29.7 Å². The first-order valence-electron chi connectivity index (χ1n) is 16.1. The third kappa shape index (κ3) is 6.19. The van der Waals surface area contributed by atoms with Crippen molar-refractivity contribution in [2.45, 2.75) is 0 Å². The minimum atomic E-state index is -0.596. The molecule has 0 spiro atoms. The maximum absolute atomic E-state index is 13.7. The standard InChI is InChI=1S/C42H30Cl2N2O6/c1-51-29-17-13-27(14-18-29)46(28-15-19-30(52-2)20-16-28)36-24-38(48)32(22-34(36)44)40-41(49)39(42(40)50)31-21-33(43)35(23-37(31)47)45(25-9-5-3-6-10-25)26-11-7-4-8-12-26/h3-24H,1-2H3,(H2,47,48,49,50)/p+1. The van der Waals surface area contributed by atoms with E-state index >= 15 is 0 Å². The highest BCUT2D eigenvalue weighted by Crippen LogP contribution is 2.48. The van der Waals surface area contributed by atoms with Crippen molar-refractivity contribution in [3.05, 3.63) is 172 Å². The average Bonchev–Trinajstić information content (AvgIpc) is 3.17. The Balaban J connectivity index is 1.30. The van der Waals surface area contributed by atoms with Crippen LogP contribution in [0, 0.1) is 0 Å². The van der Waals surface area contributed by atoms with Crippen molar-refractivity contribution in [2.24, 2.45) is 0 Å². The predicted molar refractivity (Wildman–Crippen MR) is 206 cm³/mol. The van der Waals surface area contributed by atoms with E-state index in [0.717, 1.165) is 11.4 Å². The summed E-state index contributed by atoms with van der Waals surface area (Å²) in [6.45, 7) is 0. The van der Waals surface area contributed by atoms with Crippen LogP contribution >= 0.6 is 23.2 Å². The molecule has 8 nitrogen and oxygen atoms in total. The Morgan fingerprint density at radius 1 is 0.654 bits per heavy atom. The van der Waals surface area contributed by atoms with Crippen molar-refractivity contribution in [3.8, 4) is 17.2 Å². The molecule has 7 rings (SSSR count). The number of para-hydroxylation sites is 2. The van der Waals surface area contributed by atoms with E-state index < -0.39 is 11.5 Å². The second-order valence-electron chi connectivity index (χ2n) is 11.8. The zero-order valence-corrected chi connectivity index (χ0v) is 29.4. The van der Waals surface area contributed by atoms with Gasteiger partial charge in [0.25, 0.3) is 0 Å². The Morgan fingerprint density at radius 2 is 1.17 bits per heavy atom. The number of nitrogens with zero attached hydrogens (tertiary/aromatic N) is 2. The number of phenols is 1. The van der Waals surface area contributed by atoms with Gasteiger partial charge in [0, 0.05) is 52.8 Å². The number of ketones is 1. The molecular formula is C42H31Cl2N2O6+. The van der Waals surface area contributed by atoms with E-state index in [4.69, 9.17) is 32.7 Å². The van der Waals surface area contributed by atoms with Gasteiger partial charge in [0.2, 0.25) is 22.9 Å². The number of ether oxygens (including phenoxy) is 2. The minimum absolute atomic E-state index is 0.0333. The molecule has 0 aromatic heterocycles. The van der Waals surface area contributed by atoms with Crippen LogP contribution in [0.15, 0.2) is 161 Å². The number of aliphatic hydroxyl groups is 2. The Morgan fingerprint density at radius 3 is 1.65 bits per heavy atom. The predicted octanol–water partition coefficient (Wildman–Crippen LogP) is 10.2. The fourth-order valence-corrected chi connectivity index (χ4v) is 6.71. The molecular weight excluding hydrogens is 699 g/mol. The first-order valence-corrected chi connectivity index (χ1v) is 16.8. The van der Waals surface area contributed by atoms with Gasteiger partial charge in [-0.25, -0.2) is 0 Å². The van der Waals surface area contributed by atoms with Crippen molar-refractivity contribution in [1.29, 1.82) is 0 Å². The van der Waals surface area contributed by atoms with Gasteiger partial charge in [0.15, 0.2) is 0 Å². The number of allylic oxidation sites excluding steroid dienone is 5. The summed E-state index contributed by atoms with van der Waals surface area (Å²) < 4.78 is 12.5. The van der Waals surface area contributed by atoms with Crippen molar-refractivity contribution >= 4 is 68.7 Å². The summed E-state index contributed by atoms with van der Waals surface area (Å²) in [5.41, 5.74) is 3.71. The summed E-state index contributed by atoms with van der Waals surface area (Å²) in [6, 6.07) is 36.5. The maximum Gasteiger partial charge on any atom is 0.234 e. The molecule has 2 aliphatic carbocycles. The molecule has 0 heterocycles. The highest BCUT2D eigenvalue weighted by molar-refractivity contribution is 6.47. The second-order valence-corrected chi connectivity index (χ2v) is 12.6. The Hall–Kier alpha value is -6.22. The Kier molecular flexibility index (Phi) is 9.34. The van der Waals surface area contributed by atoms with Crippen LogP contribution in [0.25, 0.3) is 5.57 Å². The lowest BCUT2D eigenvalue weighted by atomic mass is 9.79. The summed E-state index contributed by atoms with van der Waals surface area (Å²) in [5, 5.41) is 34.4. The SMILES string of the molecule is COc1ccc([N+](=C2C=C(O)C(=C3C(=O)C(c4cc(Cl)c(N(c5ccccc5)c5ccccc5)cc4O)=C3O)C=C2Cl)c2ccc(OC)cc2)cc1. The summed E-state index contributed by atoms with van der Waals surface area (Å²) >= 11 is 13.7. The van der Waals surface area contributed by atoms with Crippen molar-refractivity contribution in [1.82, 2.24) is 4.58 Å². The number of phenolic OH excluding ortho intramolecular Hbond substituents is 1. The van der Waals surface area contributed by atoms with Gasteiger partial charge in [-0.3, -0.25) is 4.79 Å². The van der Waals surface area contributed by atoms with Crippen LogP contribution < -0.4 is 18.9 Å². The number of carbonyl (C=O) groups is 1. The number of Topliss-reactive ketones (excluding diaryl/α,β-unsaturated/α-hetero) is 1. The smallest absolute Gasteiger partial charge is 0.234 e. The summed E-state index contributed by atoms with van der Waals surface area (Å²) in [6.07, 6.45) is 2.86. The second kappa shape index (κ2) is 14.2. The molecule has 10 heteroatoms. The van der Waals surface area contributed by atoms with E-state index in [1.165, 1.54) is 24.3 Å². The first kappa shape index (κ1) is 34.2. The lowest BCUT2D eigenvalue weighted by Gasteiger charge is -2.28. The number of aliphatic hydroxyl groups excluding tert-OH is 2. The zero-order chi connectivity index (χ0) is 36.5. The van der Waals surface area contributed by atoms with Gasteiger partial charge in [-0.1, -0.05) is 59.6 Å². The fraction of sp³-hybridized carbons (Fsp3) is 0.0476. The topological polar surface area (TPSA) is 102 Å². The maximum atomic E-state index is 13.7. The molecule has 0 aliphatic heterocycles. The van der Waals surface area contributed by atoms with Crippen LogP contribution in [0.2, 0.25) is 5.02 Å². The largest absolute Gasteiger partial charge is 0.507 e. The third-order valence-corrected chi connectivity index (χ3v) is 9.37. The number of aromatic hydroxyl groups is 1. The monoisotopic (exact) mass is 729 g/mol. The van der Waals surface area contributed by atoms with E-state index in [2.05, 4.69) is 0 Å². The molecule has 0 saturated carbocycles. The van der Waals surface area contributed by atoms with Crippen LogP contribution in [0.3, 0.4) is 0 Å². The molecule has 0 bridgehead atoms. The molecule has 52 heavy (non-hydrogen) atoms. The molecule has 5 aromatic rings. The normalized spacial score (nSPS) is 15.5. The molecule has 3 N–H and O–H groups in total. The van der Waals surface area contributed by atoms with E-state index in [1.807, 2.05) is 94.4 Å². The molecule has 0 radical (unpaired) electrons. The Labute approximate surface area is 310 Å². The highest BCUT2D eigenvalue weighted by Gasteiger charge is 2.41. The number of benzene rings is 5. The number of methoxy groups -OCH3 is 2. The van der Waals surface area contributed by atoms with Crippen LogP contribution in [-0.4, -0.2) is 41.0 Å². The van der Waals surface area contributed by atoms with E-state index in [9.17, 15) is 20.1 Å². The lowest BCUT2D eigenvalue weighted by molar-refractivity contribution is -0.111. The lowest BCUT2D eigenvalue weighted by Crippen LogP contribution is -2.25. The molecule has 258 valence electrons. The van der Waals surface area contributed by atoms with E-state index in [1.54, 1.807) is 38.5 Å². The average molecular weight is 731 g/mol. The summed E-state index contributed by atoms with van der Waals surface area (Å²) in [4.78, 5) is 15.6. The van der Waals surface area contributed by atoms with Crippen molar-refractivity contribution < 1.29 is 29.6 Å². The van der Waals surface area contributed by atoms with Gasteiger partial charge >= 0.3 is 0 Å². The quantitative estimate of drug-likeness (QED) is 0.108. The Bertz CT molecular complexity index is 2270. The van der Waals surface area contributed by atoms with E-state index in [-0.39, 0.29) is 43.8 Å². The number of rotatable bonds is 8. The number of halogens is 2. The number of anilines is 3. The van der Waals surface area contributed by atoms with Crippen molar-refractivity contribution in [3.63, 3.8) is 0 Å². The minimum Gasteiger partial charge on any atom is -0.507 e. The van der Waals surface area contributed by atoms with Gasteiger partial charge in [-0.15, -0.1) is 0 Å². The van der Waals surface area contributed by atoms with Crippen LogP contribution in [0.5, 0.6) is 17.2 Å². The number of hydrogen-bond acceptors (Lipinski definition) is 7. The summed E-state index contributed by atoms with van der Waals surface area (Å²) in [5.74, 6) is -0.245. The van der Waals surface area contributed by atoms with Gasteiger partial charge in [-0.2, -0.15) is 4.58 Å². The molecule has 0 amide bonds. The van der Waals surface area contributed by atoms with Crippen LogP contribution in [-0.2, 0) is 4.79 Å².